The quantitative estimate of drug-likeness (QED) is 0.744. The summed E-state index contributed by atoms with van der Waals surface area (Å²) in [6.45, 7) is 3.45. The zero-order chi connectivity index (χ0) is 13.3. The van der Waals surface area contributed by atoms with Gasteiger partial charge in [0.15, 0.2) is 0 Å². The normalized spacial score (nSPS) is 19.3. The summed E-state index contributed by atoms with van der Waals surface area (Å²) in [7, 11) is -2.32. The molecule has 1 aliphatic heterocycles. The number of azo groups is 1. The molecule has 0 amide bonds. The molecule has 0 spiro atoms. The van der Waals surface area contributed by atoms with E-state index in [0.717, 1.165) is 5.56 Å². The molecule has 18 heavy (non-hydrogen) atoms. The second-order valence-electron chi connectivity index (χ2n) is 3.96. The maximum Gasteiger partial charge on any atom is 0.220 e. The van der Waals surface area contributed by atoms with Crippen molar-refractivity contribution in [2.75, 3.05) is 0 Å². The highest BCUT2D eigenvalue weighted by Crippen LogP contribution is 2.28. The lowest BCUT2D eigenvalue weighted by atomic mass is 9.97. The Bertz CT molecular complexity index is 665. The van der Waals surface area contributed by atoms with Gasteiger partial charge in [0, 0.05) is 10.6 Å². The molecule has 2 rings (SSSR count). The van der Waals surface area contributed by atoms with E-state index in [0.29, 0.717) is 16.3 Å². The highest BCUT2D eigenvalue weighted by atomic mass is 35.5. The van der Waals surface area contributed by atoms with Crippen molar-refractivity contribution >= 4 is 32.3 Å². The molecule has 0 bridgehead atoms. The molecule has 1 atom stereocenters. The number of halogens is 1. The highest BCUT2D eigenvalue weighted by molar-refractivity contribution is 7.74. The zero-order valence-corrected chi connectivity index (χ0v) is 11.5. The Morgan fingerprint density at radius 1 is 1.22 bits per heavy atom. The third-order valence-corrected chi connectivity index (χ3v) is 3.84. The topological polar surface area (TPSA) is 58.9 Å². The van der Waals surface area contributed by atoms with Gasteiger partial charge in [0.2, 0.25) is 10.3 Å². The number of hydrogen-bond acceptors (Lipinski definition) is 4. The molecule has 0 aliphatic carbocycles. The standard InChI is InChI=1S/C12H11ClN2O2S/c1-7-11(9-3-5-10(13)6-4-9)12(18(16)17)8(2)15-14-7/h3-6,8H,1-2H3. The van der Waals surface area contributed by atoms with Crippen LogP contribution in [0.5, 0.6) is 0 Å². The second-order valence-corrected chi connectivity index (χ2v) is 5.30. The van der Waals surface area contributed by atoms with E-state index in [-0.39, 0.29) is 4.86 Å². The summed E-state index contributed by atoms with van der Waals surface area (Å²) in [5.41, 5.74) is 1.98. The van der Waals surface area contributed by atoms with E-state index in [1.54, 1.807) is 38.1 Å². The molecule has 0 fully saturated rings. The van der Waals surface area contributed by atoms with Crippen molar-refractivity contribution in [1.29, 1.82) is 0 Å². The van der Waals surface area contributed by atoms with Crippen LogP contribution in [-0.4, -0.2) is 19.3 Å². The first-order valence-corrected chi connectivity index (χ1v) is 6.80. The van der Waals surface area contributed by atoms with Gasteiger partial charge in [0.05, 0.1) is 5.70 Å². The molecule has 1 aromatic rings. The number of benzene rings is 1. The summed E-state index contributed by atoms with van der Waals surface area (Å²) in [5.74, 6) is 0. The maximum absolute atomic E-state index is 11.4. The Balaban J connectivity index is 2.69. The van der Waals surface area contributed by atoms with Crippen molar-refractivity contribution in [3.63, 3.8) is 0 Å². The predicted molar refractivity (Wildman–Crippen MR) is 72.3 cm³/mol. The minimum Gasteiger partial charge on any atom is -0.184 e. The van der Waals surface area contributed by atoms with Crippen molar-refractivity contribution in [2.45, 2.75) is 19.9 Å². The molecule has 1 aliphatic rings. The van der Waals surface area contributed by atoms with Crippen LogP contribution in [0.15, 0.2) is 40.2 Å². The van der Waals surface area contributed by atoms with Crippen LogP contribution < -0.4 is 0 Å². The fourth-order valence-electron chi connectivity index (χ4n) is 1.85. The second kappa shape index (κ2) is 5.04. The van der Waals surface area contributed by atoms with Crippen molar-refractivity contribution in [2.24, 2.45) is 10.2 Å². The molecule has 0 saturated carbocycles. The molecular weight excluding hydrogens is 272 g/mol. The summed E-state index contributed by atoms with van der Waals surface area (Å²) >= 11 is 5.83. The van der Waals surface area contributed by atoms with Crippen LogP contribution in [0.25, 0.3) is 5.57 Å². The molecule has 0 radical (unpaired) electrons. The van der Waals surface area contributed by atoms with Crippen molar-refractivity contribution < 1.29 is 8.42 Å². The molecule has 4 nitrogen and oxygen atoms in total. The third kappa shape index (κ3) is 2.37. The van der Waals surface area contributed by atoms with Gasteiger partial charge in [-0.2, -0.15) is 18.6 Å². The van der Waals surface area contributed by atoms with Gasteiger partial charge in [0.1, 0.15) is 10.9 Å². The molecule has 1 aromatic carbocycles. The zero-order valence-electron chi connectivity index (χ0n) is 9.88. The van der Waals surface area contributed by atoms with Crippen LogP contribution in [0.2, 0.25) is 5.02 Å². The van der Waals surface area contributed by atoms with Gasteiger partial charge >= 0.3 is 0 Å². The number of rotatable bonds is 1. The molecule has 94 valence electrons. The number of allylic oxidation sites excluding steroid dienone is 1. The third-order valence-electron chi connectivity index (χ3n) is 2.68. The maximum atomic E-state index is 11.4. The average Bonchev–Trinajstić information content (AvgIpc) is 2.32. The van der Waals surface area contributed by atoms with E-state index in [1.165, 1.54) is 0 Å². The van der Waals surface area contributed by atoms with Crippen LogP contribution in [0.1, 0.15) is 19.4 Å². The van der Waals surface area contributed by atoms with Crippen LogP contribution in [0.4, 0.5) is 0 Å². The number of nitrogens with zero attached hydrogens (tertiary/aromatic N) is 2. The van der Waals surface area contributed by atoms with Crippen LogP contribution in [-0.2, 0) is 10.3 Å². The SMILES string of the molecule is CC1=C(c2ccc(Cl)cc2)C(=S(=O)=O)C(C)N=N1. The molecule has 0 N–H and O–H groups in total. The van der Waals surface area contributed by atoms with Gasteiger partial charge in [-0.1, -0.05) is 23.7 Å². The van der Waals surface area contributed by atoms with Crippen molar-refractivity contribution in [3.8, 4) is 0 Å². The Morgan fingerprint density at radius 3 is 2.39 bits per heavy atom. The summed E-state index contributed by atoms with van der Waals surface area (Å²) in [6.07, 6.45) is 0. The Morgan fingerprint density at radius 2 is 1.83 bits per heavy atom. The van der Waals surface area contributed by atoms with E-state index in [1.807, 2.05) is 0 Å². The first-order chi connectivity index (χ1) is 8.50. The summed E-state index contributed by atoms with van der Waals surface area (Å²) in [4.78, 5) is 0.268. The van der Waals surface area contributed by atoms with Gasteiger partial charge in [0.25, 0.3) is 0 Å². The smallest absolute Gasteiger partial charge is 0.184 e. The van der Waals surface area contributed by atoms with E-state index in [4.69, 9.17) is 11.6 Å². The Labute approximate surface area is 112 Å². The largest absolute Gasteiger partial charge is 0.220 e. The van der Waals surface area contributed by atoms with Crippen molar-refractivity contribution in [3.05, 3.63) is 40.5 Å². The predicted octanol–water partition coefficient (Wildman–Crippen LogP) is 2.98. The van der Waals surface area contributed by atoms with Gasteiger partial charge in [-0.25, -0.2) is 0 Å². The van der Waals surface area contributed by atoms with Gasteiger partial charge in [-0.3, -0.25) is 0 Å². The minimum atomic E-state index is -2.32. The van der Waals surface area contributed by atoms with Crippen molar-refractivity contribution in [1.82, 2.24) is 0 Å². The molecule has 0 saturated heterocycles. The average molecular weight is 283 g/mol. The molecule has 1 unspecified atom stereocenters. The summed E-state index contributed by atoms with van der Waals surface area (Å²) in [6, 6.07) is 6.54. The minimum absolute atomic E-state index is 0.268. The van der Waals surface area contributed by atoms with Crippen LogP contribution >= 0.6 is 11.6 Å². The van der Waals surface area contributed by atoms with Gasteiger partial charge in [-0.05, 0) is 31.5 Å². The first kappa shape index (κ1) is 13.0. The lowest BCUT2D eigenvalue weighted by Gasteiger charge is -2.17. The monoisotopic (exact) mass is 282 g/mol. The van der Waals surface area contributed by atoms with Crippen LogP contribution in [0.3, 0.4) is 0 Å². The summed E-state index contributed by atoms with van der Waals surface area (Å²) < 4.78 is 22.7. The molecule has 0 aromatic heterocycles. The van der Waals surface area contributed by atoms with E-state index in [2.05, 4.69) is 10.2 Å². The first-order valence-electron chi connectivity index (χ1n) is 5.35. The van der Waals surface area contributed by atoms with E-state index >= 15 is 0 Å². The van der Waals surface area contributed by atoms with E-state index in [9.17, 15) is 8.42 Å². The lowest BCUT2D eigenvalue weighted by molar-refractivity contribution is 0.626. The molecule has 1 heterocycles. The lowest BCUT2D eigenvalue weighted by Crippen LogP contribution is -2.21. The summed E-state index contributed by atoms with van der Waals surface area (Å²) in [5, 5.41) is 8.52. The number of hydrogen-bond donors (Lipinski definition) is 0. The molecule has 6 heteroatoms. The fraction of sp³-hybridized carbons (Fsp3) is 0.250. The Kier molecular flexibility index (Phi) is 3.63. The van der Waals surface area contributed by atoms with Gasteiger partial charge in [-0.15, -0.1) is 0 Å². The van der Waals surface area contributed by atoms with E-state index < -0.39 is 16.3 Å². The fourth-order valence-corrected chi connectivity index (χ4v) is 2.74. The highest BCUT2D eigenvalue weighted by Gasteiger charge is 2.24. The Hall–Kier alpha value is -1.46. The molecular formula is C12H11ClN2O2S. The van der Waals surface area contributed by atoms with Crippen LogP contribution in [0, 0.1) is 0 Å². The van der Waals surface area contributed by atoms with Gasteiger partial charge < -0.3 is 0 Å².